The van der Waals surface area contributed by atoms with Crippen LogP contribution in [0.4, 0.5) is 24.7 Å². The second-order valence-electron chi connectivity index (χ2n) is 3.75. The lowest BCUT2D eigenvalue weighted by Crippen LogP contribution is -2.05. The van der Waals surface area contributed by atoms with E-state index in [1.54, 1.807) is 0 Å². The molecule has 7 nitrogen and oxygen atoms in total. The molecular weight excluding hydrogens is 279 g/mol. The van der Waals surface area contributed by atoms with E-state index in [4.69, 9.17) is 0 Å². The molecule has 0 unspecified atom stereocenters. The largest absolute Gasteiger partial charge is 0.419 e. The Bertz CT molecular complexity index is 653. The zero-order valence-electron chi connectivity index (χ0n) is 10.0. The molecule has 0 aromatic carbocycles. The van der Waals surface area contributed by atoms with Gasteiger partial charge in [0.05, 0.1) is 28.8 Å². The molecule has 0 bridgehead atoms. The van der Waals surface area contributed by atoms with Crippen molar-refractivity contribution in [3.05, 3.63) is 40.2 Å². The summed E-state index contributed by atoms with van der Waals surface area (Å²) in [6, 6.07) is 2.20. The summed E-state index contributed by atoms with van der Waals surface area (Å²) in [7, 11) is 1.49. The van der Waals surface area contributed by atoms with E-state index >= 15 is 0 Å². The van der Waals surface area contributed by atoms with E-state index in [2.05, 4.69) is 15.4 Å². The number of hydrogen-bond acceptors (Lipinski definition) is 5. The molecule has 0 amide bonds. The maximum absolute atomic E-state index is 12.5. The Morgan fingerprint density at radius 2 is 2.10 bits per heavy atom. The second kappa shape index (κ2) is 4.79. The first-order valence-corrected chi connectivity index (χ1v) is 5.27. The molecule has 2 aromatic rings. The molecule has 0 atom stereocenters. The Labute approximate surface area is 110 Å². The number of rotatable bonds is 3. The first kappa shape index (κ1) is 13.8. The number of alkyl halides is 3. The van der Waals surface area contributed by atoms with Gasteiger partial charge < -0.3 is 5.32 Å². The molecule has 2 heterocycles. The van der Waals surface area contributed by atoms with Crippen LogP contribution >= 0.6 is 0 Å². The zero-order chi connectivity index (χ0) is 14.9. The molecule has 0 radical (unpaired) electrons. The van der Waals surface area contributed by atoms with E-state index in [1.807, 2.05) is 0 Å². The summed E-state index contributed by atoms with van der Waals surface area (Å²) in [5.41, 5.74) is -1.26. The summed E-state index contributed by atoms with van der Waals surface area (Å²) in [4.78, 5) is 14.0. The van der Waals surface area contributed by atoms with Crippen molar-refractivity contribution in [1.82, 2.24) is 14.8 Å². The summed E-state index contributed by atoms with van der Waals surface area (Å²) in [6.45, 7) is 0. The molecule has 0 spiro atoms. The Balaban J connectivity index is 2.49. The molecule has 20 heavy (non-hydrogen) atoms. The number of anilines is 1. The van der Waals surface area contributed by atoms with E-state index in [9.17, 15) is 23.3 Å². The molecule has 0 aliphatic carbocycles. The predicted octanol–water partition coefficient (Wildman–Crippen LogP) is 2.24. The van der Waals surface area contributed by atoms with Gasteiger partial charge in [-0.15, -0.1) is 0 Å². The fraction of sp³-hybridized carbons (Fsp3) is 0.200. The lowest BCUT2D eigenvalue weighted by atomic mass is 10.3. The third kappa shape index (κ3) is 2.68. The molecule has 0 aliphatic rings. The van der Waals surface area contributed by atoms with Crippen LogP contribution in [0.15, 0.2) is 24.5 Å². The van der Waals surface area contributed by atoms with Crippen LogP contribution in [0, 0.1) is 10.1 Å². The van der Waals surface area contributed by atoms with Crippen LogP contribution in [0.3, 0.4) is 0 Å². The lowest BCUT2D eigenvalue weighted by molar-refractivity contribution is -0.384. The van der Waals surface area contributed by atoms with Gasteiger partial charge in [-0.2, -0.15) is 18.3 Å². The smallest absolute Gasteiger partial charge is 0.373 e. The lowest BCUT2D eigenvalue weighted by Gasteiger charge is -2.04. The van der Waals surface area contributed by atoms with Crippen LogP contribution in [0.25, 0.3) is 5.82 Å². The molecular formula is C10H8F3N5O2. The van der Waals surface area contributed by atoms with Crippen molar-refractivity contribution in [3.63, 3.8) is 0 Å². The second-order valence-corrected chi connectivity index (χ2v) is 3.75. The van der Waals surface area contributed by atoms with E-state index in [0.29, 0.717) is 12.4 Å². The standard InChI is InChI=1S/C10H8F3N5O2/c1-14-8-2-7(18(19)20)3-9(16-8)17-5-6(4-15-17)10(11,12)13/h2-5H,1H3,(H,14,16). The van der Waals surface area contributed by atoms with Crippen LogP contribution in [-0.4, -0.2) is 26.7 Å². The summed E-state index contributed by atoms with van der Waals surface area (Å²) >= 11 is 0. The Kier molecular flexibility index (Phi) is 3.30. The van der Waals surface area contributed by atoms with Crippen molar-refractivity contribution in [2.75, 3.05) is 12.4 Å². The highest BCUT2D eigenvalue weighted by Gasteiger charge is 2.32. The van der Waals surface area contributed by atoms with Gasteiger partial charge in [-0.05, 0) is 0 Å². The number of nitro groups is 1. The maximum atomic E-state index is 12.5. The van der Waals surface area contributed by atoms with Crippen LogP contribution < -0.4 is 5.32 Å². The van der Waals surface area contributed by atoms with Crippen LogP contribution in [0.5, 0.6) is 0 Å². The maximum Gasteiger partial charge on any atom is 0.419 e. The summed E-state index contributed by atoms with van der Waals surface area (Å²) in [5.74, 6) is 0.0670. The molecule has 1 N–H and O–H groups in total. The summed E-state index contributed by atoms with van der Waals surface area (Å²) < 4.78 is 38.3. The zero-order valence-corrected chi connectivity index (χ0v) is 10.0. The predicted molar refractivity (Wildman–Crippen MR) is 62.6 cm³/mol. The summed E-state index contributed by atoms with van der Waals surface area (Å²) in [5, 5.41) is 16.9. The quantitative estimate of drug-likeness (QED) is 0.691. The van der Waals surface area contributed by atoms with Crippen LogP contribution in [0.2, 0.25) is 0 Å². The Morgan fingerprint density at radius 1 is 1.40 bits per heavy atom. The third-order valence-electron chi connectivity index (χ3n) is 2.41. The van der Waals surface area contributed by atoms with Gasteiger partial charge in [0.25, 0.3) is 5.69 Å². The van der Waals surface area contributed by atoms with Crippen molar-refractivity contribution < 1.29 is 18.1 Å². The van der Waals surface area contributed by atoms with E-state index < -0.39 is 16.7 Å². The highest BCUT2D eigenvalue weighted by atomic mass is 19.4. The van der Waals surface area contributed by atoms with E-state index in [1.165, 1.54) is 7.05 Å². The molecule has 2 rings (SSSR count). The van der Waals surface area contributed by atoms with Gasteiger partial charge in [-0.3, -0.25) is 10.1 Å². The minimum atomic E-state index is -4.54. The number of halogens is 3. The highest BCUT2D eigenvalue weighted by Crippen LogP contribution is 2.29. The average molecular weight is 287 g/mol. The van der Waals surface area contributed by atoms with Crippen LogP contribution in [-0.2, 0) is 6.18 Å². The molecule has 10 heteroatoms. The number of aromatic nitrogens is 3. The summed E-state index contributed by atoms with van der Waals surface area (Å²) in [6.07, 6.45) is -3.20. The SMILES string of the molecule is CNc1cc([N+](=O)[O-])cc(-n2cc(C(F)(F)F)cn2)n1. The van der Waals surface area contributed by atoms with E-state index in [-0.39, 0.29) is 17.3 Å². The van der Waals surface area contributed by atoms with Crippen molar-refractivity contribution in [2.24, 2.45) is 0 Å². The van der Waals surface area contributed by atoms with Gasteiger partial charge in [0.15, 0.2) is 5.82 Å². The van der Waals surface area contributed by atoms with Crippen molar-refractivity contribution in [1.29, 1.82) is 0 Å². The van der Waals surface area contributed by atoms with Gasteiger partial charge in [-0.1, -0.05) is 0 Å². The fourth-order valence-electron chi connectivity index (χ4n) is 1.45. The topological polar surface area (TPSA) is 85.9 Å². The first-order valence-electron chi connectivity index (χ1n) is 5.27. The minimum absolute atomic E-state index is 0.0842. The minimum Gasteiger partial charge on any atom is -0.373 e. The Morgan fingerprint density at radius 3 is 2.60 bits per heavy atom. The number of hydrogen-bond donors (Lipinski definition) is 1. The van der Waals surface area contributed by atoms with Gasteiger partial charge in [0, 0.05) is 13.2 Å². The van der Waals surface area contributed by atoms with Gasteiger partial charge >= 0.3 is 6.18 Å². The van der Waals surface area contributed by atoms with Crippen LogP contribution in [0.1, 0.15) is 5.56 Å². The van der Waals surface area contributed by atoms with Crippen molar-refractivity contribution >= 4 is 11.5 Å². The monoisotopic (exact) mass is 287 g/mol. The fourth-order valence-corrected chi connectivity index (χ4v) is 1.45. The van der Waals surface area contributed by atoms with Gasteiger partial charge in [0.1, 0.15) is 5.82 Å². The molecule has 2 aromatic heterocycles. The molecule has 0 saturated heterocycles. The van der Waals surface area contributed by atoms with E-state index in [0.717, 1.165) is 16.8 Å². The van der Waals surface area contributed by atoms with Gasteiger partial charge in [0.2, 0.25) is 0 Å². The van der Waals surface area contributed by atoms with Crippen molar-refractivity contribution in [2.45, 2.75) is 6.18 Å². The first-order chi connectivity index (χ1) is 9.31. The molecule has 0 aliphatic heterocycles. The molecule has 0 saturated carbocycles. The molecule has 0 fully saturated rings. The average Bonchev–Trinajstić information content (AvgIpc) is 2.87. The number of pyridine rings is 1. The van der Waals surface area contributed by atoms with Crippen molar-refractivity contribution in [3.8, 4) is 5.82 Å². The molecule has 106 valence electrons. The highest BCUT2D eigenvalue weighted by molar-refractivity contribution is 5.50. The third-order valence-corrected chi connectivity index (χ3v) is 2.41. The Hall–Kier alpha value is -2.65. The number of nitrogens with zero attached hydrogens (tertiary/aromatic N) is 4. The normalized spacial score (nSPS) is 11.4. The number of nitrogens with one attached hydrogen (secondary N) is 1. The van der Waals surface area contributed by atoms with Gasteiger partial charge in [-0.25, -0.2) is 9.67 Å².